The molecule has 0 amide bonds. The summed E-state index contributed by atoms with van der Waals surface area (Å²) in [7, 11) is 1.95. The summed E-state index contributed by atoms with van der Waals surface area (Å²) in [6, 6.07) is 8.27. The number of ether oxygens (including phenoxy) is 2. The highest BCUT2D eigenvalue weighted by molar-refractivity contribution is 14.0. The summed E-state index contributed by atoms with van der Waals surface area (Å²) < 4.78 is 13.1. The fraction of sp³-hybridized carbons (Fsp3) is 0.526. The normalized spacial score (nSPS) is 16.0. The Bertz CT molecular complexity index is 780. The summed E-state index contributed by atoms with van der Waals surface area (Å²) in [5, 5.41) is 15.2. The molecule has 1 aliphatic heterocycles. The number of guanidine groups is 1. The molecule has 1 atom stereocenters. The van der Waals surface area contributed by atoms with Crippen molar-refractivity contribution in [2.75, 3.05) is 26.4 Å². The van der Waals surface area contributed by atoms with E-state index in [-0.39, 0.29) is 30.0 Å². The van der Waals surface area contributed by atoms with E-state index in [0.717, 1.165) is 35.3 Å². The fourth-order valence-electron chi connectivity index (χ4n) is 2.93. The molecule has 0 radical (unpaired) electrons. The molecule has 0 fully saturated rings. The molecule has 1 unspecified atom stereocenters. The number of hydrogen-bond acceptors (Lipinski definition) is 5. The first-order valence-electron chi connectivity index (χ1n) is 9.38. The van der Waals surface area contributed by atoms with E-state index in [2.05, 4.69) is 26.9 Å². The van der Waals surface area contributed by atoms with E-state index >= 15 is 0 Å². The molecule has 9 heteroatoms. The molecule has 3 rings (SSSR count). The van der Waals surface area contributed by atoms with Gasteiger partial charge >= 0.3 is 0 Å². The molecule has 1 aliphatic rings. The first-order chi connectivity index (χ1) is 13.2. The number of rotatable bonds is 7. The van der Waals surface area contributed by atoms with Crippen LogP contribution in [0.4, 0.5) is 0 Å². The van der Waals surface area contributed by atoms with Gasteiger partial charge in [0.15, 0.2) is 11.8 Å². The largest absolute Gasteiger partial charge is 0.493 e. The molecule has 1 aromatic carbocycles. The van der Waals surface area contributed by atoms with Crippen LogP contribution in [0.2, 0.25) is 0 Å². The molecule has 2 heterocycles. The number of nitrogens with one attached hydrogen (secondary N) is 2. The molecule has 0 aliphatic carbocycles. The Hall–Kier alpha value is -1.88. The van der Waals surface area contributed by atoms with Gasteiger partial charge in [0.2, 0.25) is 0 Å². The molecule has 154 valence electrons. The minimum Gasteiger partial charge on any atom is -0.493 e. The van der Waals surface area contributed by atoms with Crippen LogP contribution >= 0.6 is 24.0 Å². The van der Waals surface area contributed by atoms with Gasteiger partial charge in [-0.2, -0.15) is 0 Å². The minimum atomic E-state index is 0. The SMILES string of the molecule is CCOCCNC(=NCc1nnc(C)n1C)NC1CCOc2ccccc21.I. The lowest BCUT2D eigenvalue weighted by Crippen LogP contribution is -2.42. The van der Waals surface area contributed by atoms with Crippen molar-refractivity contribution in [3.63, 3.8) is 0 Å². The van der Waals surface area contributed by atoms with Gasteiger partial charge in [-0.1, -0.05) is 18.2 Å². The minimum absolute atomic E-state index is 0. The second-order valence-electron chi connectivity index (χ2n) is 6.38. The molecule has 2 aromatic rings. The molecule has 1 aromatic heterocycles. The maximum Gasteiger partial charge on any atom is 0.192 e. The third kappa shape index (κ3) is 5.81. The Balaban J connectivity index is 0.00000280. The van der Waals surface area contributed by atoms with E-state index in [0.29, 0.717) is 32.9 Å². The highest BCUT2D eigenvalue weighted by Gasteiger charge is 2.22. The van der Waals surface area contributed by atoms with Crippen molar-refractivity contribution >= 4 is 29.9 Å². The number of benzene rings is 1. The third-order valence-electron chi connectivity index (χ3n) is 4.57. The molecule has 0 spiro atoms. The van der Waals surface area contributed by atoms with E-state index < -0.39 is 0 Å². The summed E-state index contributed by atoms with van der Waals surface area (Å²) >= 11 is 0. The molecule has 8 nitrogen and oxygen atoms in total. The van der Waals surface area contributed by atoms with Crippen molar-refractivity contribution in [1.29, 1.82) is 0 Å². The zero-order chi connectivity index (χ0) is 19.1. The van der Waals surface area contributed by atoms with Gasteiger partial charge in [-0.25, -0.2) is 4.99 Å². The number of fused-ring (bicyclic) bond motifs is 1. The Morgan fingerprint density at radius 3 is 2.93 bits per heavy atom. The van der Waals surface area contributed by atoms with Crippen LogP contribution in [0.15, 0.2) is 29.3 Å². The number of para-hydroxylation sites is 1. The van der Waals surface area contributed by atoms with Crippen LogP contribution in [0.25, 0.3) is 0 Å². The van der Waals surface area contributed by atoms with E-state index in [9.17, 15) is 0 Å². The van der Waals surface area contributed by atoms with E-state index in [1.807, 2.05) is 43.7 Å². The Morgan fingerprint density at radius 2 is 2.18 bits per heavy atom. The number of hydrogen-bond donors (Lipinski definition) is 2. The van der Waals surface area contributed by atoms with Crippen molar-refractivity contribution in [3.8, 4) is 5.75 Å². The summed E-state index contributed by atoms with van der Waals surface area (Å²) in [4.78, 5) is 4.71. The van der Waals surface area contributed by atoms with Gasteiger partial charge in [0.05, 0.1) is 19.3 Å². The molecule has 2 N–H and O–H groups in total. The predicted molar refractivity (Wildman–Crippen MR) is 119 cm³/mol. The molecule has 0 saturated heterocycles. The third-order valence-corrected chi connectivity index (χ3v) is 4.57. The van der Waals surface area contributed by atoms with Crippen LogP contribution in [0.5, 0.6) is 5.75 Å². The molecule has 28 heavy (non-hydrogen) atoms. The number of aromatic nitrogens is 3. The van der Waals surface area contributed by atoms with Gasteiger partial charge in [0.25, 0.3) is 0 Å². The van der Waals surface area contributed by atoms with Crippen molar-refractivity contribution in [3.05, 3.63) is 41.5 Å². The van der Waals surface area contributed by atoms with Crippen LogP contribution in [0, 0.1) is 6.92 Å². The van der Waals surface area contributed by atoms with Gasteiger partial charge < -0.3 is 24.7 Å². The van der Waals surface area contributed by atoms with Crippen molar-refractivity contribution in [1.82, 2.24) is 25.4 Å². The lowest BCUT2D eigenvalue weighted by Gasteiger charge is -2.28. The van der Waals surface area contributed by atoms with E-state index in [4.69, 9.17) is 14.5 Å². The molecule has 0 saturated carbocycles. The van der Waals surface area contributed by atoms with Gasteiger partial charge in [-0.3, -0.25) is 0 Å². The number of aliphatic imine (C=N–C) groups is 1. The zero-order valence-corrected chi connectivity index (χ0v) is 19.0. The number of nitrogens with zero attached hydrogens (tertiary/aromatic N) is 4. The molecule has 0 bridgehead atoms. The Morgan fingerprint density at radius 1 is 1.36 bits per heavy atom. The Labute approximate surface area is 183 Å². The van der Waals surface area contributed by atoms with Crippen LogP contribution in [-0.2, 0) is 18.3 Å². The highest BCUT2D eigenvalue weighted by Crippen LogP contribution is 2.31. The lowest BCUT2D eigenvalue weighted by molar-refractivity contribution is 0.152. The molecular formula is C19H29IN6O2. The fourth-order valence-corrected chi connectivity index (χ4v) is 2.93. The Kier molecular flexibility index (Phi) is 8.97. The quantitative estimate of drug-likeness (QED) is 0.263. The van der Waals surface area contributed by atoms with Crippen LogP contribution < -0.4 is 15.4 Å². The monoisotopic (exact) mass is 500 g/mol. The summed E-state index contributed by atoms with van der Waals surface area (Å²) in [5.41, 5.74) is 1.15. The number of aryl methyl sites for hydroxylation is 1. The van der Waals surface area contributed by atoms with Crippen LogP contribution in [0.1, 0.15) is 36.6 Å². The van der Waals surface area contributed by atoms with Gasteiger partial charge in [-0.05, 0) is 19.9 Å². The second-order valence-corrected chi connectivity index (χ2v) is 6.38. The maximum absolute atomic E-state index is 5.75. The summed E-state index contributed by atoms with van der Waals surface area (Å²) in [5.74, 6) is 3.36. The standard InChI is InChI=1S/C19H28N6O2.HI/c1-4-26-12-10-20-19(21-13-18-24-23-14(2)25(18)3)22-16-9-11-27-17-8-6-5-7-15(16)17;/h5-8,16H,4,9-13H2,1-3H3,(H2,20,21,22);1H. The molecular weight excluding hydrogens is 471 g/mol. The predicted octanol–water partition coefficient (Wildman–Crippen LogP) is 2.34. The second kappa shape index (κ2) is 11.2. The first kappa shape index (κ1) is 22.4. The van der Waals surface area contributed by atoms with Gasteiger partial charge in [0.1, 0.15) is 18.1 Å². The highest BCUT2D eigenvalue weighted by atomic mass is 127. The summed E-state index contributed by atoms with van der Waals surface area (Å²) in [6.45, 7) is 7.07. The van der Waals surface area contributed by atoms with Crippen LogP contribution in [-0.4, -0.2) is 47.1 Å². The van der Waals surface area contributed by atoms with E-state index in [1.165, 1.54) is 0 Å². The van der Waals surface area contributed by atoms with Crippen molar-refractivity contribution in [2.45, 2.75) is 32.9 Å². The first-order valence-corrected chi connectivity index (χ1v) is 9.38. The topological polar surface area (TPSA) is 85.6 Å². The van der Waals surface area contributed by atoms with Crippen molar-refractivity contribution < 1.29 is 9.47 Å². The zero-order valence-electron chi connectivity index (χ0n) is 16.6. The summed E-state index contributed by atoms with van der Waals surface area (Å²) in [6.07, 6.45) is 0.881. The smallest absolute Gasteiger partial charge is 0.192 e. The van der Waals surface area contributed by atoms with Crippen molar-refractivity contribution in [2.24, 2.45) is 12.0 Å². The average Bonchev–Trinajstić information content (AvgIpc) is 3.01. The van der Waals surface area contributed by atoms with Gasteiger partial charge in [-0.15, -0.1) is 34.2 Å². The average molecular weight is 500 g/mol. The lowest BCUT2D eigenvalue weighted by atomic mass is 10.0. The maximum atomic E-state index is 5.75. The van der Waals surface area contributed by atoms with Crippen LogP contribution in [0.3, 0.4) is 0 Å². The van der Waals surface area contributed by atoms with Gasteiger partial charge in [0, 0.05) is 32.2 Å². The number of halogens is 1. The van der Waals surface area contributed by atoms with E-state index in [1.54, 1.807) is 0 Å².